The first kappa shape index (κ1) is 6.65. The van der Waals surface area contributed by atoms with Gasteiger partial charge in [-0.3, -0.25) is 0 Å². The van der Waals surface area contributed by atoms with Gasteiger partial charge in [0.1, 0.15) is 0 Å². The Morgan fingerprint density at radius 1 is 1.14 bits per heavy atom. The van der Waals surface area contributed by atoms with Crippen molar-refractivity contribution < 1.29 is 4.11 Å². The van der Waals surface area contributed by atoms with Crippen LogP contribution < -0.4 is 0 Å². The molecule has 0 heterocycles. The zero-order valence-corrected chi connectivity index (χ0v) is 9.48. The lowest BCUT2D eigenvalue weighted by molar-refractivity contribution is 1.59. The van der Waals surface area contributed by atoms with E-state index in [2.05, 4.69) is 15.9 Å². The molecule has 0 aliphatic rings. The fraction of sp³-hybridized carbons (Fsp3) is 0. The van der Waals surface area contributed by atoms with E-state index in [4.69, 9.17) is 15.7 Å². The molecule has 0 N–H and O–H groups in total. The van der Waals surface area contributed by atoms with Gasteiger partial charge in [0, 0.05) is 15.1 Å². The summed E-state index contributed by atoms with van der Waals surface area (Å²) >= 11 is 9.20. The molecule has 14 heavy (non-hydrogen) atoms. The van der Waals surface area contributed by atoms with Gasteiger partial charge >= 0.3 is 0 Å². The van der Waals surface area contributed by atoms with Gasteiger partial charge in [0.2, 0.25) is 0 Å². The molecule has 2 rings (SSSR count). The summed E-state index contributed by atoms with van der Waals surface area (Å²) in [4.78, 5) is 0. The van der Waals surface area contributed by atoms with Crippen LogP contribution in [0.15, 0.2) is 52.9 Å². The van der Waals surface area contributed by atoms with Gasteiger partial charge in [-0.15, -0.1) is 0 Å². The summed E-state index contributed by atoms with van der Waals surface area (Å²) in [7, 11) is 0. The average Bonchev–Trinajstić information content (AvgIpc) is 2.36. The smallest absolute Gasteiger partial charge is 0.0651 e. The molecule has 0 unspecified atom stereocenters. The van der Waals surface area contributed by atoms with E-state index in [9.17, 15) is 0 Å². The predicted octanol–water partition coefficient (Wildman–Crippen LogP) is 4.77. The monoisotopic (exact) mass is 269 g/mol. The zero-order valence-electron chi connectivity index (χ0n) is 10.1. The molecule has 0 spiro atoms. The molecule has 0 fully saturated rings. The number of benzene rings is 2. The fourth-order valence-corrected chi connectivity index (χ4v) is 1.83. The van der Waals surface area contributed by atoms with Crippen LogP contribution in [-0.4, -0.2) is 0 Å². The van der Waals surface area contributed by atoms with Gasteiger partial charge in [0.25, 0.3) is 0 Å². The van der Waals surface area contributed by atoms with Crippen molar-refractivity contribution in [1.82, 2.24) is 0 Å². The third kappa shape index (κ3) is 1.99. The second kappa shape index (κ2) is 4.16. The van der Waals surface area contributed by atoms with Crippen LogP contribution in [0.5, 0.6) is 0 Å². The van der Waals surface area contributed by atoms with Crippen LogP contribution in [0.3, 0.4) is 0 Å². The maximum absolute atomic E-state index is 7.93. The minimum atomic E-state index is -0.0155. The molecule has 0 saturated heterocycles. The van der Waals surface area contributed by atoms with E-state index in [1.54, 1.807) is 0 Å². The van der Waals surface area contributed by atoms with Gasteiger partial charge < -0.3 is 0 Å². The Bertz CT molecular complexity index is 541. The van der Waals surface area contributed by atoms with Crippen molar-refractivity contribution in [3.05, 3.63) is 58.0 Å². The number of hydrogen-bond donors (Lipinski definition) is 0. The molecule has 0 amide bonds. The molecule has 0 aromatic heterocycles. The summed E-state index contributed by atoms with van der Waals surface area (Å²) in [6.45, 7) is 0. The van der Waals surface area contributed by atoms with E-state index in [1.807, 2.05) is 30.3 Å². The maximum Gasteiger partial charge on any atom is 0.0651 e. The van der Waals surface area contributed by atoms with Crippen molar-refractivity contribution in [1.29, 1.82) is 0 Å². The second-order valence-electron chi connectivity index (χ2n) is 2.74. The first-order valence-electron chi connectivity index (χ1n) is 5.54. The Balaban J connectivity index is 2.80. The van der Waals surface area contributed by atoms with Crippen LogP contribution >= 0.6 is 27.5 Å². The number of halogens is 2. The van der Waals surface area contributed by atoms with Gasteiger partial charge in [-0.1, -0.05) is 63.9 Å². The van der Waals surface area contributed by atoms with E-state index in [1.165, 1.54) is 0 Å². The van der Waals surface area contributed by atoms with Crippen molar-refractivity contribution >= 4 is 27.5 Å². The highest BCUT2D eigenvalue weighted by molar-refractivity contribution is 9.10. The molecule has 0 saturated carbocycles. The third-order valence-electron chi connectivity index (χ3n) is 1.80. The third-order valence-corrected chi connectivity index (χ3v) is 2.48. The number of hydrogen-bond acceptors (Lipinski definition) is 0. The zero-order chi connectivity index (χ0) is 12.6. The molecule has 0 aliphatic carbocycles. The highest BCUT2D eigenvalue weighted by Crippen LogP contribution is 2.29. The van der Waals surface area contributed by atoms with Gasteiger partial charge in [0.05, 0.1) is 4.11 Å². The summed E-state index contributed by atoms with van der Waals surface area (Å²) in [6, 6.07) is 9.22. The molecule has 0 atom stereocenters. The lowest BCUT2D eigenvalue weighted by atomic mass is 10.1. The van der Waals surface area contributed by atoms with Crippen LogP contribution in [0.1, 0.15) is 4.11 Å². The van der Waals surface area contributed by atoms with Crippen LogP contribution in [0, 0.1) is 0 Å². The average molecular weight is 271 g/mol. The molecule has 0 radical (unpaired) electrons. The Labute approximate surface area is 101 Å². The van der Waals surface area contributed by atoms with E-state index in [-0.39, 0.29) is 27.6 Å². The first-order valence-corrected chi connectivity index (χ1v) is 5.21. The summed E-state index contributed by atoms with van der Waals surface area (Å²) < 4.78 is 23.7. The first-order chi connectivity index (χ1) is 8.04. The normalized spacial score (nSPS) is 13.1. The summed E-state index contributed by atoms with van der Waals surface area (Å²) in [5.41, 5.74) is 1.18. The van der Waals surface area contributed by atoms with E-state index >= 15 is 0 Å². The molecular weight excluding hydrogens is 259 g/mol. The fourth-order valence-electron chi connectivity index (χ4n) is 1.17. The lowest BCUT2D eigenvalue weighted by Gasteiger charge is -2.04. The van der Waals surface area contributed by atoms with E-state index in [0.29, 0.717) is 5.56 Å². The van der Waals surface area contributed by atoms with Crippen molar-refractivity contribution in [3.63, 3.8) is 0 Å². The van der Waals surface area contributed by atoms with E-state index in [0.717, 1.165) is 5.56 Å². The van der Waals surface area contributed by atoms with Crippen LogP contribution in [0.4, 0.5) is 0 Å². The van der Waals surface area contributed by atoms with Crippen molar-refractivity contribution in [2.45, 2.75) is 0 Å². The number of rotatable bonds is 1. The minimum absolute atomic E-state index is 0.0155. The predicted molar refractivity (Wildman–Crippen MR) is 64.6 cm³/mol. The molecular formula is C12H8BrCl. The Kier molecular flexibility index (Phi) is 1.97. The highest BCUT2D eigenvalue weighted by atomic mass is 79.9. The molecule has 2 aromatic carbocycles. The topological polar surface area (TPSA) is 0 Å². The standard InChI is InChI=1S/C12H8BrCl/c13-10-6-7-11(12(14)8-10)9-4-2-1-3-5-9/h1-8H/i6D,7D,8D. The van der Waals surface area contributed by atoms with Crippen molar-refractivity contribution in [2.75, 3.05) is 0 Å². The van der Waals surface area contributed by atoms with Crippen LogP contribution in [-0.2, 0) is 0 Å². The summed E-state index contributed by atoms with van der Waals surface area (Å²) in [5.74, 6) is 0. The molecule has 0 nitrogen and oxygen atoms in total. The van der Waals surface area contributed by atoms with Gasteiger partial charge in [-0.25, -0.2) is 0 Å². The maximum atomic E-state index is 7.93. The highest BCUT2D eigenvalue weighted by Gasteiger charge is 2.02. The lowest BCUT2D eigenvalue weighted by Crippen LogP contribution is -1.78. The molecule has 0 bridgehead atoms. The Morgan fingerprint density at radius 2 is 1.86 bits per heavy atom. The van der Waals surface area contributed by atoms with E-state index < -0.39 is 0 Å². The SMILES string of the molecule is [2H]c1c([2H])c(-c2ccccc2)c(Cl)c([2H])c1Br. The molecule has 70 valence electrons. The minimum Gasteiger partial charge on any atom is -0.0836 e. The Hall–Kier alpha value is -0.790. The molecule has 2 aromatic rings. The summed E-state index contributed by atoms with van der Waals surface area (Å²) in [5, 5.41) is 0.198. The summed E-state index contributed by atoms with van der Waals surface area (Å²) in [6.07, 6.45) is 0. The molecule has 0 aliphatic heterocycles. The van der Waals surface area contributed by atoms with Crippen molar-refractivity contribution in [2.24, 2.45) is 0 Å². The van der Waals surface area contributed by atoms with Gasteiger partial charge in [-0.05, 0) is 17.6 Å². The van der Waals surface area contributed by atoms with Crippen LogP contribution in [0.2, 0.25) is 5.02 Å². The van der Waals surface area contributed by atoms with Crippen LogP contribution in [0.25, 0.3) is 11.1 Å². The largest absolute Gasteiger partial charge is 0.0836 e. The van der Waals surface area contributed by atoms with Crippen molar-refractivity contribution in [3.8, 4) is 11.1 Å². The van der Waals surface area contributed by atoms with Gasteiger partial charge in [0.15, 0.2) is 0 Å². The second-order valence-corrected chi connectivity index (χ2v) is 3.91. The van der Waals surface area contributed by atoms with Gasteiger partial charge in [-0.2, -0.15) is 0 Å². The molecule has 2 heteroatoms. The Morgan fingerprint density at radius 3 is 2.57 bits per heavy atom. The quantitative estimate of drug-likeness (QED) is 0.700.